The lowest BCUT2D eigenvalue weighted by Gasteiger charge is -2.20. The summed E-state index contributed by atoms with van der Waals surface area (Å²) in [7, 11) is 1.62. The van der Waals surface area contributed by atoms with Gasteiger partial charge in [-0.15, -0.1) is 0 Å². The maximum atomic E-state index is 5.95. The maximum Gasteiger partial charge on any atom is 0.139 e. The summed E-state index contributed by atoms with van der Waals surface area (Å²) >= 11 is 5.95. The molecule has 0 saturated heterocycles. The van der Waals surface area contributed by atoms with Crippen LogP contribution in [0.2, 0.25) is 5.02 Å². The van der Waals surface area contributed by atoms with Gasteiger partial charge < -0.3 is 15.4 Å². The molecule has 0 aliphatic rings. The van der Waals surface area contributed by atoms with Crippen molar-refractivity contribution in [2.75, 3.05) is 25.5 Å². The fraction of sp³-hybridized carbons (Fsp3) is 0.538. The van der Waals surface area contributed by atoms with Gasteiger partial charge in [-0.1, -0.05) is 11.6 Å². The molecule has 0 saturated carbocycles. The molecule has 0 atom stereocenters. The number of rotatable bonds is 5. The first-order valence-electron chi connectivity index (χ1n) is 5.75. The fourth-order valence-electron chi connectivity index (χ4n) is 1.41. The van der Waals surface area contributed by atoms with Crippen LogP contribution in [-0.4, -0.2) is 25.7 Å². The first kappa shape index (κ1) is 14.1. The standard InChI is InChI=1S/C13H21ClN2O/c1-13(2,3)16-8-7-15-10-5-6-11(14)12(9-10)17-4/h5-6,9,15-16H,7-8H2,1-4H3. The third kappa shape index (κ3) is 5.29. The van der Waals surface area contributed by atoms with Crippen LogP contribution in [0.5, 0.6) is 5.75 Å². The summed E-state index contributed by atoms with van der Waals surface area (Å²) in [4.78, 5) is 0. The van der Waals surface area contributed by atoms with E-state index in [0.717, 1.165) is 18.8 Å². The molecule has 0 aliphatic carbocycles. The number of methoxy groups -OCH3 is 1. The van der Waals surface area contributed by atoms with E-state index in [-0.39, 0.29) is 5.54 Å². The highest BCUT2D eigenvalue weighted by atomic mass is 35.5. The van der Waals surface area contributed by atoms with Gasteiger partial charge in [0.15, 0.2) is 0 Å². The van der Waals surface area contributed by atoms with Gasteiger partial charge in [0, 0.05) is 30.4 Å². The predicted octanol–water partition coefficient (Wildman–Crippen LogP) is 3.15. The molecule has 0 bridgehead atoms. The Morgan fingerprint density at radius 3 is 2.53 bits per heavy atom. The monoisotopic (exact) mass is 256 g/mol. The van der Waals surface area contributed by atoms with E-state index in [4.69, 9.17) is 16.3 Å². The molecule has 0 spiro atoms. The molecule has 3 nitrogen and oxygen atoms in total. The highest BCUT2D eigenvalue weighted by Gasteiger charge is 2.07. The number of benzene rings is 1. The van der Waals surface area contributed by atoms with Crippen molar-refractivity contribution in [1.82, 2.24) is 5.32 Å². The van der Waals surface area contributed by atoms with E-state index >= 15 is 0 Å². The lowest BCUT2D eigenvalue weighted by molar-refractivity contribution is 0.415. The molecular formula is C13H21ClN2O. The number of nitrogens with one attached hydrogen (secondary N) is 2. The van der Waals surface area contributed by atoms with Crippen LogP contribution in [0, 0.1) is 0 Å². The van der Waals surface area contributed by atoms with Crippen LogP contribution in [-0.2, 0) is 0 Å². The Hall–Kier alpha value is -0.930. The second-order valence-electron chi connectivity index (χ2n) is 4.95. The van der Waals surface area contributed by atoms with Crippen LogP contribution < -0.4 is 15.4 Å². The van der Waals surface area contributed by atoms with Crippen molar-refractivity contribution in [2.45, 2.75) is 26.3 Å². The summed E-state index contributed by atoms with van der Waals surface area (Å²) in [5, 5.41) is 7.36. The molecule has 1 aromatic rings. The molecule has 2 N–H and O–H groups in total. The smallest absolute Gasteiger partial charge is 0.139 e. The number of hydrogen-bond acceptors (Lipinski definition) is 3. The second kappa shape index (κ2) is 6.12. The van der Waals surface area contributed by atoms with Gasteiger partial charge in [-0.25, -0.2) is 0 Å². The molecule has 0 unspecified atom stereocenters. The minimum atomic E-state index is 0.152. The van der Waals surface area contributed by atoms with Crippen LogP contribution in [0.1, 0.15) is 20.8 Å². The summed E-state index contributed by atoms with van der Waals surface area (Å²) < 4.78 is 5.16. The van der Waals surface area contributed by atoms with Gasteiger partial charge in [-0.2, -0.15) is 0 Å². The normalized spacial score (nSPS) is 11.4. The lowest BCUT2D eigenvalue weighted by Crippen LogP contribution is -2.38. The SMILES string of the molecule is COc1cc(NCCNC(C)(C)C)ccc1Cl. The quantitative estimate of drug-likeness (QED) is 0.794. The highest BCUT2D eigenvalue weighted by Crippen LogP contribution is 2.27. The molecule has 17 heavy (non-hydrogen) atoms. The first-order valence-corrected chi connectivity index (χ1v) is 6.12. The van der Waals surface area contributed by atoms with E-state index in [1.54, 1.807) is 7.11 Å². The van der Waals surface area contributed by atoms with Crippen LogP contribution in [0.25, 0.3) is 0 Å². The molecule has 0 radical (unpaired) electrons. The van der Waals surface area contributed by atoms with E-state index in [2.05, 4.69) is 31.4 Å². The Bertz CT molecular complexity index is 361. The third-order valence-electron chi connectivity index (χ3n) is 2.26. The van der Waals surface area contributed by atoms with E-state index < -0.39 is 0 Å². The topological polar surface area (TPSA) is 33.3 Å². The Morgan fingerprint density at radius 2 is 1.94 bits per heavy atom. The fourth-order valence-corrected chi connectivity index (χ4v) is 1.61. The van der Waals surface area contributed by atoms with Crippen molar-refractivity contribution in [3.8, 4) is 5.75 Å². The van der Waals surface area contributed by atoms with Crippen molar-refractivity contribution in [3.63, 3.8) is 0 Å². The molecule has 0 fully saturated rings. The van der Waals surface area contributed by atoms with E-state index in [9.17, 15) is 0 Å². The Kier molecular flexibility index (Phi) is 5.09. The van der Waals surface area contributed by atoms with E-state index in [1.165, 1.54) is 0 Å². The third-order valence-corrected chi connectivity index (χ3v) is 2.57. The predicted molar refractivity (Wildman–Crippen MR) is 74.2 cm³/mol. The van der Waals surface area contributed by atoms with Gasteiger partial charge in [0.05, 0.1) is 12.1 Å². The number of hydrogen-bond donors (Lipinski definition) is 2. The van der Waals surface area contributed by atoms with Crippen LogP contribution in [0.4, 0.5) is 5.69 Å². The average Bonchev–Trinajstić information content (AvgIpc) is 2.25. The van der Waals surface area contributed by atoms with Crippen molar-refractivity contribution in [3.05, 3.63) is 23.2 Å². The van der Waals surface area contributed by atoms with Gasteiger partial charge in [0.25, 0.3) is 0 Å². The van der Waals surface area contributed by atoms with Crippen LogP contribution >= 0.6 is 11.6 Å². The zero-order valence-electron chi connectivity index (χ0n) is 10.9. The number of ether oxygens (including phenoxy) is 1. The van der Waals surface area contributed by atoms with Gasteiger partial charge in [-0.3, -0.25) is 0 Å². The van der Waals surface area contributed by atoms with Crippen LogP contribution in [0.3, 0.4) is 0 Å². The summed E-state index contributed by atoms with van der Waals surface area (Å²) in [6.07, 6.45) is 0. The molecule has 1 aromatic carbocycles. The lowest BCUT2D eigenvalue weighted by atomic mass is 10.1. The molecule has 4 heteroatoms. The summed E-state index contributed by atoms with van der Waals surface area (Å²) in [6, 6.07) is 5.68. The first-order chi connectivity index (χ1) is 7.92. The van der Waals surface area contributed by atoms with Crippen molar-refractivity contribution in [2.24, 2.45) is 0 Å². The zero-order chi connectivity index (χ0) is 12.9. The number of anilines is 1. The molecule has 0 aromatic heterocycles. The van der Waals surface area contributed by atoms with Gasteiger partial charge in [0.1, 0.15) is 5.75 Å². The summed E-state index contributed by atoms with van der Waals surface area (Å²) in [5.74, 6) is 0.695. The Morgan fingerprint density at radius 1 is 1.24 bits per heavy atom. The highest BCUT2D eigenvalue weighted by molar-refractivity contribution is 6.32. The zero-order valence-corrected chi connectivity index (χ0v) is 11.7. The largest absolute Gasteiger partial charge is 0.495 e. The van der Waals surface area contributed by atoms with E-state index in [1.807, 2.05) is 18.2 Å². The molecule has 0 aliphatic heterocycles. The van der Waals surface area contributed by atoms with Crippen molar-refractivity contribution in [1.29, 1.82) is 0 Å². The molecule has 0 amide bonds. The average molecular weight is 257 g/mol. The Balaban J connectivity index is 2.42. The minimum absolute atomic E-state index is 0.152. The summed E-state index contributed by atoms with van der Waals surface area (Å²) in [5.41, 5.74) is 1.17. The second-order valence-corrected chi connectivity index (χ2v) is 5.36. The van der Waals surface area contributed by atoms with Crippen molar-refractivity contribution < 1.29 is 4.74 Å². The molecular weight excluding hydrogens is 236 g/mol. The van der Waals surface area contributed by atoms with Gasteiger partial charge in [0.2, 0.25) is 0 Å². The summed E-state index contributed by atoms with van der Waals surface area (Å²) in [6.45, 7) is 8.23. The molecule has 1 rings (SSSR count). The van der Waals surface area contributed by atoms with Gasteiger partial charge >= 0.3 is 0 Å². The minimum Gasteiger partial charge on any atom is -0.495 e. The maximum absolute atomic E-state index is 5.95. The number of halogens is 1. The van der Waals surface area contributed by atoms with Crippen LogP contribution in [0.15, 0.2) is 18.2 Å². The van der Waals surface area contributed by atoms with E-state index in [0.29, 0.717) is 10.8 Å². The molecule has 96 valence electrons. The molecule has 0 heterocycles. The van der Waals surface area contributed by atoms with Crippen molar-refractivity contribution >= 4 is 17.3 Å². The Labute approximate surface area is 109 Å². The van der Waals surface area contributed by atoms with Gasteiger partial charge in [-0.05, 0) is 32.9 Å².